The van der Waals surface area contributed by atoms with Gasteiger partial charge in [0.1, 0.15) is 23.0 Å². The van der Waals surface area contributed by atoms with Gasteiger partial charge in [-0.3, -0.25) is 0 Å². The molecule has 5 aromatic rings. The molecule has 0 radical (unpaired) electrons. The Labute approximate surface area is 340 Å². The van der Waals surface area contributed by atoms with Crippen molar-refractivity contribution in [2.75, 3.05) is 64.4 Å². The van der Waals surface area contributed by atoms with Gasteiger partial charge in [0.15, 0.2) is 5.82 Å². The Morgan fingerprint density at radius 1 is 0.456 bits per heavy atom. The molecule has 57 heavy (non-hydrogen) atoms. The second-order valence-corrected chi connectivity index (χ2v) is 14.6. The highest BCUT2D eigenvalue weighted by molar-refractivity contribution is 5.66. The molecule has 0 spiro atoms. The van der Waals surface area contributed by atoms with Crippen molar-refractivity contribution in [2.45, 2.75) is 71.1 Å². The molecule has 5 rings (SSSR count). The first-order chi connectivity index (χ1) is 27.8. The molecule has 0 bridgehead atoms. The summed E-state index contributed by atoms with van der Waals surface area (Å²) in [6, 6.07) is 32.8. The topological polar surface area (TPSA) is 82.1 Å². The standard InChI is InChI=1S/C48H61N5O4/c1-37(2)46-49-47(52(3)33-13-9-7-8-11-15-35-56-44-29-21-40(22-30-44)38-17-25-42(54-5)26-18-38)51-48(50-46)53(4)34-14-10-12-16-36-57-45-31-23-41(24-32-45)39-19-27-43(55-6)28-20-39/h17-32H,1,7-16,33-36H2,2-6H3. The molecular formula is C48H61N5O4. The molecule has 0 atom stereocenters. The lowest BCUT2D eigenvalue weighted by molar-refractivity contribution is 0.304. The Morgan fingerprint density at radius 3 is 1.11 bits per heavy atom. The molecule has 0 saturated heterocycles. The van der Waals surface area contributed by atoms with E-state index in [1.54, 1.807) is 14.2 Å². The van der Waals surface area contributed by atoms with E-state index in [0.29, 0.717) is 24.3 Å². The zero-order chi connectivity index (χ0) is 40.2. The Kier molecular flexibility index (Phi) is 17.1. The van der Waals surface area contributed by atoms with E-state index in [1.165, 1.54) is 31.2 Å². The minimum Gasteiger partial charge on any atom is -0.497 e. The predicted octanol–water partition coefficient (Wildman–Crippen LogP) is 11.2. The van der Waals surface area contributed by atoms with Crippen molar-refractivity contribution in [3.05, 3.63) is 109 Å². The number of ether oxygens (including phenoxy) is 4. The quantitative estimate of drug-likeness (QED) is 0.0539. The van der Waals surface area contributed by atoms with E-state index in [9.17, 15) is 0 Å². The van der Waals surface area contributed by atoms with Crippen LogP contribution in [0.25, 0.3) is 27.8 Å². The lowest BCUT2D eigenvalue weighted by atomic mass is 10.1. The maximum Gasteiger partial charge on any atom is 0.230 e. The van der Waals surface area contributed by atoms with Crippen LogP contribution < -0.4 is 28.7 Å². The first kappa shape index (κ1) is 42.6. The van der Waals surface area contributed by atoms with Gasteiger partial charge in [0.25, 0.3) is 0 Å². The van der Waals surface area contributed by atoms with Gasteiger partial charge >= 0.3 is 0 Å². The highest BCUT2D eigenvalue weighted by Gasteiger charge is 2.14. The Balaban J connectivity index is 0.929. The van der Waals surface area contributed by atoms with Crippen LogP contribution in [0.3, 0.4) is 0 Å². The molecule has 0 aliphatic heterocycles. The molecule has 0 aliphatic carbocycles. The van der Waals surface area contributed by atoms with Crippen molar-refractivity contribution < 1.29 is 18.9 Å². The van der Waals surface area contributed by atoms with Crippen LogP contribution in [-0.2, 0) is 0 Å². The number of allylic oxidation sites excluding steroid dienone is 1. The number of hydrogen-bond acceptors (Lipinski definition) is 9. The van der Waals surface area contributed by atoms with E-state index in [0.717, 1.165) is 103 Å². The molecule has 1 heterocycles. The third kappa shape index (κ3) is 13.8. The van der Waals surface area contributed by atoms with Crippen LogP contribution >= 0.6 is 0 Å². The highest BCUT2D eigenvalue weighted by atomic mass is 16.5. The number of methoxy groups -OCH3 is 2. The van der Waals surface area contributed by atoms with Gasteiger partial charge in [0, 0.05) is 27.2 Å². The SMILES string of the molecule is C=C(C)c1nc(N(C)CCCCCCCCOc2ccc(-c3ccc(OC)cc3)cc2)nc(N(C)CCCCCCOc2ccc(-c3ccc(OC)cc3)cc2)n1. The van der Waals surface area contributed by atoms with Gasteiger partial charge in [-0.05, 0) is 109 Å². The van der Waals surface area contributed by atoms with Gasteiger partial charge in [-0.2, -0.15) is 15.0 Å². The molecule has 0 amide bonds. The molecule has 9 nitrogen and oxygen atoms in total. The zero-order valence-corrected chi connectivity index (χ0v) is 34.7. The average molecular weight is 772 g/mol. The normalized spacial score (nSPS) is 10.9. The van der Waals surface area contributed by atoms with Crippen molar-refractivity contribution >= 4 is 17.5 Å². The molecule has 9 heteroatoms. The number of nitrogens with zero attached hydrogens (tertiary/aromatic N) is 5. The Morgan fingerprint density at radius 2 is 0.772 bits per heavy atom. The number of hydrogen-bond donors (Lipinski definition) is 0. The van der Waals surface area contributed by atoms with Crippen molar-refractivity contribution in [3.8, 4) is 45.3 Å². The summed E-state index contributed by atoms with van der Waals surface area (Å²) in [6.07, 6.45) is 11.2. The second-order valence-electron chi connectivity index (χ2n) is 14.6. The molecular weight excluding hydrogens is 711 g/mol. The molecule has 0 aliphatic rings. The summed E-state index contributed by atoms with van der Waals surface area (Å²) in [5, 5.41) is 0. The number of rotatable bonds is 25. The van der Waals surface area contributed by atoms with Gasteiger partial charge in [-0.15, -0.1) is 0 Å². The van der Waals surface area contributed by atoms with Gasteiger partial charge in [-0.25, -0.2) is 0 Å². The van der Waals surface area contributed by atoms with E-state index in [2.05, 4.69) is 91.1 Å². The van der Waals surface area contributed by atoms with Crippen LogP contribution in [0.1, 0.15) is 77.0 Å². The zero-order valence-electron chi connectivity index (χ0n) is 34.7. The first-order valence-corrected chi connectivity index (χ1v) is 20.4. The number of aromatic nitrogens is 3. The van der Waals surface area contributed by atoms with E-state index in [4.69, 9.17) is 33.9 Å². The van der Waals surface area contributed by atoms with Gasteiger partial charge in [0.05, 0.1) is 27.4 Å². The fraction of sp³-hybridized carbons (Fsp3) is 0.396. The van der Waals surface area contributed by atoms with E-state index in [-0.39, 0.29) is 0 Å². The van der Waals surface area contributed by atoms with Crippen molar-refractivity contribution in [3.63, 3.8) is 0 Å². The monoisotopic (exact) mass is 771 g/mol. The van der Waals surface area contributed by atoms with Crippen molar-refractivity contribution in [1.82, 2.24) is 15.0 Å². The van der Waals surface area contributed by atoms with Crippen molar-refractivity contribution in [2.24, 2.45) is 0 Å². The van der Waals surface area contributed by atoms with E-state index < -0.39 is 0 Å². The molecule has 302 valence electrons. The maximum absolute atomic E-state index is 6.02. The van der Waals surface area contributed by atoms with Crippen LogP contribution in [-0.4, -0.2) is 69.6 Å². The van der Waals surface area contributed by atoms with Crippen LogP contribution in [0.15, 0.2) is 104 Å². The third-order valence-corrected chi connectivity index (χ3v) is 10.0. The molecule has 1 aromatic heterocycles. The van der Waals surface area contributed by atoms with Crippen LogP contribution in [0.5, 0.6) is 23.0 Å². The smallest absolute Gasteiger partial charge is 0.230 e. The van der Waals surface area contributed by atoms with Crippen molar-refractivity contribution in [1.29, 1.82) is 0 Å². The average Bonchev–Trinajstić information content (AvgIpc) is 3.25. The maximum atomic E-state index is 6.02. The van der Waals surface area contributed by atoms with Gasteiger partial charge in [0.2, 0.25) is 11.9 Å². The summed E-state index contributed by atoms with van der Waals surface area (Å²) < 4.78 is 22.5. The summed E-state index contributed by atoms with van der Waals surface area (Å²) in [7, 11) is 7.50. The summed E-state index contributed by atoms with van der Waals surface area (Å²) in [5.41, 5.74) is 5.49. The predicted molar refractivity (Wildman–Crippen MR) is 235 cm³/mol. The third-order valence-electron chi connectivity index (χ3n) is 10.0. The summed E-state index contributed by atoms with van der Waals surface area (Å²) >= 11 is 0. The summed E-state index contributed by atoms with van der Waals surface area (Å²) in [4.78, 5) is 18.6. The molecule has 0 fully saturated rings. The largest absolute Gasteiger partial charge is 0.497 e. The number of benzene rings is 4. The molecule has 0 unspecified atom stereocenters. The minimum atomic E-state index is 0.651. The molecule has 4 aromatic carbocycles. The number of unbranched alkanes of at least 4 members (excludes halogenated alkanes) is 8. The lowest BCUT2D eigenvalue weighted by Gasteiger charge is -2.22. The lowest BCUT2D eigenvalue weighted by Crippen LogP contribution is -2.26. The van der Waals surface area contributed by atoms with E-state index in [1.807, 2.05) is 43.3 Å². The van der Waals surface area contributed by atoms with E-state index >= 15 is 0 Å². The Hall–Kier alpha value is -5.57. The second kappa shape index (κ2) is 22.9. The number of anilines is 2. The summed E-state index contributed by atoms with van der Waals surface area (Å²) in [5.74, 6) is 5.59. The highest BCUT2D eigenvalue weighted by Crippen LogP contribution is 2.26. The van der Waals surface area contributed by atoms with Crippen LogP contribution in [0.4, 0.5) is 11.9 Å². The van der Waals surface area contributed by atoms with Gasteiger partial charge in [-0.1, -0.05) is 93.6 Å². The van der Waals surface area contributed by atoms with Gasteiger partial charge < -0.3 is 28.7 Å². The fourth-order valence-corrected chi connectivity index (χ4v) is 6.48. The van der Waals surface area contributed by atoms with Crippen LogP contribution in [0.2, 0.25) is 0 Å². The fourth-order valence-electron chi connectivity index (χ4n) is 6.48. The van der Waals surface area contributed by atoms with Crippen LogP contribution in [0, 0.1) is 0 Å². The minimum absolute atomic E-state index is 0.651. The molecule has 0 saturated carbocycles. The molecule has 0 N–H and O–H groups in total. The Bertz CT molecular complexity index is 1920. The first-order valence-electron chi connectivity index (χ1n) is 20.4. The summed E-state index contributed by atoms with van der Waals surface area (Å²) in [6.45, 7) is 9.28.